The molecule has 5 heteroatoms. The molecule has 2 heterocycles. The molecule has 0 bridgehead atoms. The molecule has 0 aliphatic carbocycles. The van der Waals surface area contributed by atoms with Gasteiger partial charge in [0.2, 0.25) is 0 Å². The van der Waals surface area contributed by atoms with Crippen molar-refractivity contribution < 1.29 is 4.42 Å². The monoisotopic (exact) mass is 284 g/mol. The zero-order chi connectivity index (χ0) is 14.1. The summed E-state index contributed by atoms with van der Waals surface area (Å²) in [5, 5.41) is 1.45. The van der Waals surface area contributed by atoms with E-state index in [1.165, 1.54) is 11.8 Å². The van der Waals surface area contributed by atoms with Gasteiger partial charge in [0.1, 0.15) is 10.5 Å². The van der Waals surface area contributed by atoms with Gasteiger partial charge in [-0.2, -0.15) is 0 Å². The lowest BCUT2D eigenvalue weighted by Gasteiger charge is -2.03. The molecule has 4 nitrogen and oxygen atoms in total. The van der Waals surface area contributed by atoms with Crippen molar-refractivity contribution in [2.45, 2.75) is 23.9 Å². The fraction of sp³-hybridized carbons (Fsp3) is 0.133. The quantitative estimate of drug-likeness (QED) is 0.533. The van der Waals surface area contributed by atoms with Crippen LogP contribution in [0, 0.1) is 13.8 Å². The van der Waals surface area contributed by atoms with Crippen LogP contribution < -0.4 is 5.63 Å². The molecule has 0 fully saturated rings. The van der Waals surface area contributed by atoms with E-state index in [1.807, 2.05) is 44.2 Å². The summed E-state index contributed by atoms with van der Waals surface area (Å²) in [6.07, 6.45) is 0. The first-order valence-electron chi connectivity index (χ1n) is 6.15. The van der Waals surface area contributed by atoms with Crippen LogP contribution in [0.2, 0.25) is 0 Å². The van der Waals surface area contributed by atoms with E-state index in [0.29, 0.717) is 15.6 Å². The molecule has 0 atom stereocenters. The van der Waals surface area contributed by atoms with Crippen LogP contribution in [-0.4, -0.2) is 9.97 Å². The van der Waals surface area contributed by atoms with E-state index in [-0.39, 0.29) is 5.63 Å². The first kappa shape index (κ1) is 12.9. The minimum Gasteiger partial charge on any atom is -0.422 e. The number of hydrogen-bond donors (Lipinski definition) is 0. The zero-order valence-electron chi connectivity index (χ0n) is 11.1. The van der Waals surface area contributed by atoms with Crippen LogP contribution >= 0.6 is 11.8 Å². The molecule has 3 rings (SSSR count). The van der Waals surface area contributed by atoms with Gasteiger partial charge in [0, 0.05) is 16.8 Å². The zero-order valence-corrected chi connectivity index (χ0v) is 11.9. The van der Waals surface area contributed by atoms with E-state index in [1.54, 1.807) is 6.07 Å². The van der Waals surface area contributed by atoms with Crippen LogP contribution in [0.25, 0.3) is 11.0 Å². The fourth-order valence-corrected chi connectivity index (χ4v) is 2.84. The highest BCUT2D eigenvalue weighted by Crippen LogP contribution is 2.25. The molecule has 0 spiro atoms. The third-order valence-corrected chi connectivity index (χ3v) is 3.64. The predicted molar refractivity (Wildman–Crippen MR) is 78.1 cm³/mol. The van der Waals surface area contributed by atoms with Crippen molar-refractivity contribution in [3.05, 3.63) is 58.2 Å². The molecular weight excluding hydrogens is 272 g/mol. The van der Waals surface area contributed by atoms with E-state index >= 15 is 0 Å². The van der Waals surface area contributed by atoms with Crippen molar-refractivity contribution >= 4 is 22.7 Å². The average molecular weight is 284 g/mol. The second-order valence-electron chi connectivity index (χ2n) is 4.47. The van der Waals surface area contributed by atoms with Gasteiger partial charge < -0.3 is 4.42 Å². The van der Waals surface area contributed by atoms with E-state index in [0.717, 1.165) is 16.8 Å². The number of fused-ring (bicyclic) bond motifs is 1. The summed E-state index contributed by atoms with van der Waals surface area (Å²) < 4.78 is 5.29. The van der Waals surface area contributed by atoms with Gasteiger partial charge in [0.05, 0.1) is 0 Å². The lowest BCUT2D eigenvalue weighted by atomic mass is 10.2. The maximum absolute atomic E-state index is 12.0. The van der Waals surface area contributed by atoms with Crippen molar-refractivity contribution in [1.82, 2.24) is 9.97 Å². The fourth-order valence-electron chi connectivity index (χ4n) is 1.95. The van der Waals surface area contributed by atoms with E-state index in [9.17, 15) is 4.79 Å². The highest BCUT2D eigenvalue weighted by molar-refractivity contribution is 7.99. The standard InChI is InChI=1S/C15H12N2O2S/c1-9-7-10(2)17-15(16-9)20-13-8-11-5-3-4-6-12(11)19-14(13)18/h3-8H,1-2H3. The third kappa shape index (κ3) is 2.58. The summed E-state index contributed by atoms with van der Waals surface area (Å²) in [6, 6.07) is 11.1. The Kier molecular flexibility index (Phi) is 3.28. The average Bonchev–Trinajstić information content (AvgIpc) is 2.38. The number of benzene rings is 1. The molecule has 2 aromatic heterocycles. The molecular formula is C15H12N2O2S. The topological polar surface area (TPSA) is 56.0 Å². The largest absolute Gasteiger partial charge is 0.422 e. The third-order valence-electron chi connectivity index (χ3n) is 2.77. The molecule has 0 aliphatic rings. The molecule has 0 saturated heterocycles. The summed E-state index contributed by atoms with van der Waals surface area (Å²) in [5.41, 5.74) is 1.98. The molecule has 3 aromatic rings. The van der Waals surface area contributed by atoms with Gasteiger partial charge >= 0.3 is 5.63 Å². The van der Waals surface area contributed by atoms with E-state index < -0.39 is 0 Å². The van der Waals surface area contributed by atoms with Gasteiger partial charge in [0.15, 0.2) is 5.16 Å². The molecule has 0 amide bonds. The lowest BCUT2D eigenvalue weighted by Crippen LogP contribution is -2.02. The summed E-state index contributed by atoms with van der Waals surface area (Å²) >= 11 is 1.23. The number of nitrogens with zero attached hydrogens (tertiary/aromatic N) is 2. The van der Waals surface area contributed by atoms with Crippen molar-refractivity contribution in [2.75, 3.05) is 0 Å². The molecule has 100 valence electrons. The predicted octanol–water partition coefficient (Wildman–Crippen LogP) is 3.35. The van der Waals surface area contributed by atoms with Crippen LogP contribution in [-0.2, 0) is 0 Å². The van der Waals surface area contributed by atoms with Crippen molar-refractivity contribution in [3.8, 4) is 0 Å². The Balaban J connectivity index is 2.06. The number of rotatable bonds is 2. The molecule has 0 N–H and O–H groups in total. The minimum absolute atomic E-state index is 0.364. The molecule has 20 heavy (non-hydrogen) atoms. The summed E-state index contributed by atoms with van der Waals surface area (Å²) in [6.45, 7) is 3.81. The molecule has 0 aliphatic heterocycles. The minimum atomic E-state index is -0.364. The number of para-hydroxylation sites is 1. The van der Waals surface area contributed by atoms with Gasteiger partial charge in [-0.1, -0.05) is 18.2 Å². The van der Waals surface area contributed by atoms with Crippen molar-refractivity contribution in [1.29, 1.82) is 0 Å². The molecule has 0 unspecified atom stereocenters. The maximum Gasteiger partial charge on any atom is 0.350 e. The smallest absolute Gasteiger partial charge is 0.350 e. The maximum atomic E-state index is 12.0. The first-order chi connectivity index (χ1) is 9.61. The van der Waals surface area contributed by atoms with Crippen LogP contribution in [0.5, 0.6) is 0 Å². The highest BCUT2D eigenvalue weighted by Gasteiger charge is 2.09. The van der Waals surface area contributed by atoms with Crippen molar-refractivity contribution in [2.24, 2.45) is 0 Å². The van der Waals surface area contributed by atoms with Crippen LogP contribution in [0.4, 0.5) is 0 Å². The summed E-state index contributed by atoms with van der Waals surface area (Å²) in [5.74, 6) is 0. The summed E-state index contributed by atoms with van der Waals surface area (Å²) in [4.78, 5) is 21.1. The van der Waals surface area contributed by atoms with Gasteiger partial charge in [-0.05, 0) is 43.8 Å². The Hall–Kier alpha value is -2.14. The van der Waals surface area contributed by atoms with Crippen LogP contribution in [0.15, 0.2) is 55.7 Å². The Bertz CT molecular complexity index is 822. The van der Waals surface area contributed by atoms with Gasteiger partial charge in [0.25, 0.3) is 0 Å². The van der Waals surface area contributed by atoms with E-state index in [2.05, 4.69) is 9.97 Å². The molecule has 1 aromatic carbocycles. The molecule has 0 radical (unpaired) electrons. The Labute approximate surface area is 119 Å². The summed E-state index contributed by atoms with van der Waals surface area (Å²) in [7, 11) is 0. The van der Waals surface area contributed by atoms with Gasteiger partial charge in [-0.25, -0.2) is 14.8 Å². The van der Waals surface area contributed by atoms with Gasteiger partial charge in [-0.15, -0.1) is 0 Å². The van der Waals surface area contributed by atoms with Crippen molar-refractivity contribution in [3.63, 3.8) is 0 Å². The Morgan fingerprint density at radius 2 is 1.75 bits per heavy atom. The number of aryl methyl sites for hydroxylation is 2. The van der Waals surface area contributed by atoms with E-state index in [4.69, 9.17) is 4.42 Å². The second kappa shape index (κ2) is 5.09. The van der Waals surface area contributed by atoms with Crippen LogP contribution in [0.1, 0.15) is 11.4 Å². The van der Waals surface area contributed by atoms with Gasteiger partial charge in [-0.3, -0.25) is 0 Å². The SMILES string of the molecule is Cc1cc(C)nc(Sc2cc3ccccc3oc2=O)n1. The van der Waals surface area contributed by atoms with Crippen LogP contribution in [0.3, 0.4) is 0 Å². The lowest BCUT2D eigenvalue weighted by molar-refractivity contribution is 0.543. The first-order valence-corrected chi connectivity index (χ1v) is 6.96. The second-order valence-corrected chi connectivity index (χ2v) is 5.48. The Morgan fingerprint density at radius 1 is 1.05 bits per heavy atom. The molecule has 0 saturated carbocycles. The number of hydrogen-bond acceptors (Lipinski definition) is 5. The highest BCUT2D eigenvalue weighted by atomic mass is 32.2. The Morgan fingerprint density at radius 3 is 2.50 bits per heavy atom. The normalized spacial score (nSPS) is 10.9. The number of aromatic nitrogens is 2.